The van der Waals surface area contributed by atoms with E-state index in [0.717, 1.165) is 10.9 Å². The molecular weight excluding hydrogens is 180 g/mol. The first-order chi connectivity index (χ1) is 6.70. The summed E-state index contributed by atoms with van der Waals surface area (Å²) in [4.78, 5) is 22.0. The van der Waals surface area contributed by atoms with Gasteiger partial charge in [-0.05, 0) is 12.5 Å². The van der Waals surface area contributed by atoms with Crippen molar-refractivity contribution in [3.63, 3.8) is 0 Å². The summed E-state index contributed by atoms with van der Waals surface area (Å²) in [7, 11) is 1.73. The van der Waals surface area contributed by atoms with E-state index in [9.17, 15) is 4.79 Å². The zero-order valence-corrected chi connectivity index (χ0v) is 7.96. The Bertz CT molecular complexity index is 532. The highest BCUT2D eigenvalue weighted by molar-refractivity contribution is 5.78. The Balaban J connectivity index is 2.82. The van der Waals surface area contributed by atoms with Crippen molar-refractivity contribution < 1.29 is 0 Å². The topological polar surface area (TPSA) is 70.7 Å². The number of anilines is 1. The third kappa shape index (κ3) is 1.32. The van der Waals surface area contributed by atoms with Crippen LogP contribution in [0.4, 0.5) is 5.95 Å². The number of fused-ring (bicyclic) bond motifs is 1. The standard InChI is InChI=1S/C9H10N4O/c1-5-3-7(14)12-8-6(5)4-11-9(10-2)13-8/h3-4H,1-2H3,(H2,10,11,12,13,14). The quantitative estimate of drug-likeness (QED) is 0.693. The van der Waals surface area contributed by atoms with Gasteiger partial charge in [0.15, 0.2) is 0 Å². The molecule has 0 aliphatic rings. The zero-order chi connectivity index (χ0) is 10.1. The summed E-state index contributed by atoms with van der Waals surface area (Å²) in [6.07, 6.45) is 1.69. The fourth-order valence-electron chi connectivity index (χ4n) is 1.31. The lowest BCUT2D eigenvalue weighted by Gasteiger charge is -2.02. The van der Waals surface area contributed by atoms with E-state index in [1.165, 1.54) is 6.07 Å². The molecule has 0 aliphatic carbocycles. The van der Waals surface area contributed by atoms with Crippen molar-refractivity contribution in [2.45, 2.75) is 6.92 Å². The van der Waals surface area contributed by atoms with Crippen LogP contribution in [0.2, 0.25) is 0 Å². The van der Waals surface area contributed by atoms with E-state index in [4.69, 9.17) is 0 Å². The van der Waals surface area contributed by atoms with Crippen LogP contribution >= 0.6 is 0 Å². The number of H-pyrrole nitrogens is 1. The van der Waals surface area contributed by atoms with Crippen LogP contribution in [-0.2, 0) is 0 Å². The highest BCUT2D eigenvalue weighted by Gasteiger charge is 2.02. The molecule has 0 aliphatic heterocycles. The zero-order valence-electron chi connectivity index (χ0n) is 7.96. The van der Waals surface area contributed by atoms with E-state index in [-0.39, 0.29) is 5.56 Å². The maximum atomic E-state index is 11.2. The van der Waals surface area contributed by atoms with E-state index >= 15 is 0 Å². The smallest absolute Gasteiger partial charge is 0.249 e. The third-order valence-corrected chi connectivity index (χ3v) is 2.03. The second kappa shape index (κ2) is 3.10. The Morgan fingerprint density at radius 1 is 1.50 bits per heavy atom. The molecule has 0 fully saturated rings. The Morgan fingerprint density at radius 2 is 2.29 bits per heavy atom. The number of aromatic amines is 1. The Hall–Kier alpha value is -1.91. The first kappa shape index (κ1) is 8.68. The Kier molecular flexibility index (Phi) is 1.92. The average molecular weight is 190 g/mol. The number of pyridine rings is 1. The van der Waals surface area contributed by atoms with Gasteiger partial charge < -0.3 is 10.3 Å². The third-order valence-electron chi connectivity index (χ3n) is 2.03. The van der Waals surface area contributed by atoms with Crippen molar-refractivity contribution in [1.82, 2.24) is 15.0 Å². The van der Waals surface area contributed by atoms with Crippen LogP contribution in [0.5, 0.6) is 0 Å². The minimum absolute atomic E-state index is 0.143. The molecule has 0 unspecified atom stereocenters. The minimum Gasteiger partial charge on any atom is -0.357 e. The summed E-state index contributed by atoms with van der Waals surface area (Å²) in [5.74, 6) is 0.499. The van der Waals surface area contributed by atoms with Crippen molar-refractivity contribution in [3.05, 3.63) is 28.2 Å². The average Bonchev–Trinajstić information content (AvgIpc) is 2.16. The SMILES string of the molecule is CNc1ncc2c(C)cc(=O)[nH]c2n1. The number of nitrogens with one attached hydrogen (secondary N) is 2. The van der Waals surface area contributed by atoms with Crippen LogP contribution in [0.1, 0.15) is 5.56 Å². The van der Waals surface area contributed by atoms with Crippen molar-refractivity contribution in [2.24, 2.45) is 0 Å². The molecule has 14 heavy (non-hydrogen) atoms. The minimum atomic E-state index is -0.143. The van der Waals surface area contributed by atoms with Crippen molar-refractivity contribution >= 4 is 17.0 Å². The lowest BCUT2D eigenvalue weighted by atomic mass is 10.2. The molecular formula is C9H10N4O. The Morgan fingerprint density at radius 3 is 3.00 bits per heavy atom. The van der Waals surface area contributed by atoms with Crippen LogP contribution in [0.25, 0.3) is 11.0 Å². The molecule has 0 radical (unpaired) electrons. The van der Waals surface area contributed by atoms with Gasteiger partial charge in [0, 0.05) is 24.7 Å². The summed E-state index contributed by atoms with van der Waals surface area (Å²) < 4.78 is 0. The molecule has 0 spiro atoms. The summed E-state index contributed by atoms with van der Waals surface area (Å²) in [6.45, 7) is 1.86. The molecule has 5 nitrogen and oxygen atoms in total. The molecule has 0 atom stereocenters. The van der Waals surface area contributed by atoms with Gasteiger partial charge in [-0.15, -0.1) is 0 Å². The van der Waals surface area contributed by atoms with Crippen LogP contribution in [-0.4, -0.2) is 22.0 Å². The van der Waals surface area contributed by atoms with Crippen molar-refractivity contribution in [2.75, 3.05) is 12.4 Å². The summed E-state index contributed by atoms with van der Waals surface area (Å²) in [5, 5.41) is 3.68. The van der Waals surface area contributed by atoms with Gasteiger partial charge in [-0.25, -0.2) is 4.98 Å². The molecule has 72 valence electrons. The normalized spacial score (nSPS) is 10.4. The maximum absolute atomic E-state index is 11.2. The Labute approximate surface area is 80.2 Å². The molecule has 5 heteroatoms. The fraction of sp³-hybridized carbons (Fsp3) is 0.222. The predicted molar refractivity (Wildman–Crippen MR) is 54.4 cm³/mol. The van der Waals surface area contributed by atoms with Gasteiger partial charge in [-0.3, -0.25) is 4.79 Å². The maximum Gasteiger partial charge on any atom is 0.249 e. The molecule has 2 heterocycles. The summed E-state index contributed by atoms with van der Waals surface area (Å²) in [5.41, 5.74) is 1.30. The monoisotopic (exact) mass is 190 g/mol. The van der Waals surface area contributed by atoms with Crippen LogP contribution in [0, 0.1) is 6.92 Å². The van der Waals surface area contributed by atoms with E-state index < -0.39 is 0 Å². The summed E-state index contributed by atoms with van der Waals surface area (Å²) in [6, 6.07) is 1.53. The van der Waals surface area contributed by atoms with E-state index in [1.54, 1.807) is 13.2 Å². The largest absolute Gasteiger partial charge is 0.357 e. The number of hydrogen-bond acceptors (Lipinski definition) is 4. The molecule has 2 aromatic heterocycles. The summed E-state index contributed by atoms with van der Waals surface area (Å²) >= 11 is 0. The van der Waals surface area contributed by atoms with Crippen molar-refractivity contribution in [3.8, 4) is 0 Å². The van der Waals surface area contributed by atoms with Crippen molar-refractivity contribution in [1.29, 1.82) is 0 Å². The van der Waals surface area contributed by atoms with Gasteiger partial charge in [0.2, 0.25) is 11.5 Å². The van der Waals surface area contributed by atoms with Gasteiger partial charge in [0.05, 0.1) is 0 Å². The molecule has 2 N–H and O–H groups in total. The molecule has 0 bridgehead atoms. The molecule has 2 rings (SSSR count). The molecule has 0 aromatic carbocycles. The van der Waals surface area contributed by atoms with E-state index in [2.05, 4.69) is 20.3 Å². The van der Waals surface area contributed by atoms with E-state index in [0.29, 0.717) is 11.6 Å². The highest BCUT2D eigenvalue weighted by Crippen LogP contribution is 2.11. The first-order valence-electron chi connectivity index (χ1n) is 4.25. The van der Waals surface area contributed by atoms with Crippen LogP contribution in [0.15, 0.2) is 17.1 Å². The van der Waals surface area contributed by atoms with Gasteiger partial charge in [-0.1, -0.05) is 0 Å². The van der Waals surface area contributed by atoms with Crippen LogP contribution in [0.3, 0.4) is 0 Å². The van der Waals surface area contributed by atoms with Gasteiger partial charge in [0.25, 0.3) is 0 Å². The molecule has 2 aromatic rings. The molecule has 0 saturated heterocycles. The number of aryl methyl sites for hydroxylation is 1. The lowest BCUT2D eigenvalue weighted by molar-refractivity contribution is 1.14. The number of aromatic nitrogens is 3. The fourth-order valence-corrected chi connectivity index (χ4v) is 1.31. The second-order valence-electron chi connectivity index (χ2n) is 3.02. The predicted octanol–water partition coefficient (Wildman–Crippen LogP) is 0.668. The van der Waals surface area contributed by atoms with E-state index in [1.807, 2.05) is 6.92 Å². The van der Waals surface area contributed by atoms with Crippen LogP contribution < -0.4 is 10.9 Å². The first-order valence-corrected chi connectivity index (χ1v) is 4.25. The van der Waals surface area contributed by atoms with Gasteiger partial charge in [-0.2, -0.15) is 4.98 Å². The lowest BCUT2D eigenvalue weighted by Crippen LogP contribution is -2.07. The molecule has 0 saturated carbocycles. The van der Waals surface area contributed by atoms with Gasteiger partial charge in [0.1, 0.15) is 5.65 Å². The highest BCUT2D eigenvalue weighted by atomic mass is 16.1. The number of nitrogens with zero attached hydrogens (tertiary/aromatic N) is 2. The number of rotatable bonds is 1. The number of hydrogen-bond donors (Lipinski definition) is 2. The van der Waals surface area contributed by atoms with Gasteiger partial charge >= 0.3 is 0 Å². The second-order valence-corrected chi connectivity index (χ2v) is 3.02. The molecule has 0 amide bonds.